The third-order valence-corrected chi connectivity index (χ3v) is 6.82. The Kier molecular flexibility index (Phi) is 10.3. The van der Waals surface area contributed by atoms with Gasteiger partial charge in [-0.2, -0.15) is 0 Å². The minimum absolute atomic E-state index is 0.0719. The van der Waals surface area contributed by atoms with E-state index in [4.69, 9.17) is 4.74 Å². The van der Waals surface area contributed by atoms with Gasteiger partial charge in [-0.1, -0.05) is 0 Å². The van der Waals surface area contributed by atoms with E-state index in [0.717, 1.165) is 0 Å². The highest BCUT2D eigenvalue weighted by Crippen LogP contribution is 2.36. The number of nitrogens with zero attached hydrogens (tertiary/aromatic N) is 1. The van der Waals surface area contributed by atoms with Crippen LogP contribution >= 0.6 is 67.8 Å². The molecule has 0 aromatic heterocycles. The van der Waals surface area contributed by atoms with Gasteiger partial charge in [-0.15, -0.1) is 0 Å². The number of halogens is 3. The number of methoxy groups -OCH3 is 1. The molecule has 0 aliphatic rings. The average Bonchev–Trinajstić information content (AvgIpc) is 2.62. The predicted molar refractivity (Wildman–Crippen MR) is 128 cm³/mol. The Morgan fingerprint density at radius 1 is 1.04 bits per heavy atom. The van der Waals surface area contributed by atoms with Gasteiger partial charge in [0.15, 0.2) is 0 Å². The largest absolute Gasteiger partial charge is 0.478 e. The lowest BCUT2D eigenvalue weighted by molar-refractivity contribution is -0.121. The Morgan fingerprint density at radius 2 is 1.61 bits per heavy atom. The van der Waals surface area contributed by atoms with Crippen LogP contribution in [0, 0.1) is 10.7 Å². The molecule has 0 spiro atoms. The van der Waals surface area contributed by atoms with Crippen molar-refractivity contribution in [2.75, 3.05) is 39.7 Å². The molecule has 1 aromatic rings. The second kappa shape index (κ2) is 11.4. The first-order valence-corrected chi connectivity index (χ1v) is 11.0. The van der Waals surface area contributed by atoms with E-state index in [-0.39, 0.29) is 45.9 Å². The van der Waals surface area contributed by atoms with Crippen molar-refractivity contribution in [3.8, 4) is 0 Å². The molecule has 1 aromatic carbocycles. The molecule has 12 heteroatoms. The summed E-state index contributed by atoms with van der Waals surface area (Å²) in [6.07, 6.45) is 0.111. The molecular weight excluding hydrogens is 711 g/mol. The number of nitrogens with one attached hydrogen (secondary N) is 2. The fourth-order valence-corrected chi connectivity index (χ4v) is 6.50. The number of anilines is 1. The average molecular weight is 729 g/mol. The molecule has 0 fully saturated rings. The molecule has 9 nitrogen and oxygen atoms in total. The Hall–Kier alpha value is -0.750. The van der Waals surface area contributed by atoms with Crippen LogP contribution < -0.4 is 10.6 Å². The van der Waals surface area contributed by atoms with Crippen LogP contribution in [0.25, 0.3) is 0 Å². The summed E-state index contributed by atoms with van der Waals surface area (Å²) >= 11 is 5.56. The van der Waals surface area contributed by atoms with E-state index in [1.54, 1.807) is 0 Å². The maximum Gasteiger partial charge on any atom is 0.337 e. The number of carboxylic acid groups (broad SMARTS) is 1. The SMILES string of the molecule is CNC(=O)CCN(C)C(=O)c1c(I)c(NC(=O)COC)c(I)c(C(=O)O)c1I. The van der Waals surface area contributed by atoms with Gasteiger partial charge in [0.1, 0.15) is 6.61 Å². The van der Waals surface area contributed by atoms with E-state index in [1.165, 1.54) is 26.1 Å². The molecule has 0 unspecified atom stereocenters. The summed E-state index contributed by atoms with van der Waals surface area (Å²) in [6, 6.07) is 0. The predicted octanol–water partition coefficient (Wildman–Crippen LogP) is 1.99. The third kappa shape index (κ3) is 6.12. The summed E-state index contributed by atoms with van der Waals surface area (Å²) in [5.74, 6) is -2.35. The number of hydrogen-bond donors (Lipinski definition) is 3. The van der Waals surface area contributed by atoms with E-state index in [9.17, 15) is 24.3 Å². The number of hydrogen-bond acceptors (Lipinski definition) is 5. The second-order valence-corrected chi connectivity index (χ2v) is 8.74. The molecule has 154 valence electrons. The maximum atomic E-state index is 13.0. The van der Waals surface area contributed by atoms with E-state index >= 15 is 0 Å². The van der Waals surface area contributed by atoms with Crippen LogP contribution in [0.2, 0.25) is 0 Å². The lowest BCUT2D eigenvalue weighted by Gasteiger charge is -2.22. The van der Waals surface area contributed by atoms with Crippen LogP contribution in [0.3, 0.4) is 0 Å². The number of benzene rings is 1. The molecule has 28 heavy (non-hydrogen) atoms. The fourth-order valence-electron chi connectivity index (χ4n) is 2.14. The van der Waals surface area contributed by atoms with Gasteiger partial charge < -0.3 is 25.4 Å². The molecule has 0 saturated heterocycles. The number of ether oxygens (including phenoxy) is 1. The molecule has 0 heterocycles. The van der Waals surface area contributed by atoms with Gasteiger partial charge in [-0.25, -0.2) is 4.79 Å². The highest BCUT2D eigenvalue weighted by atomic mass is 127. The van der Waals surface area contributed by atoms with E-state index in [1.807, 2.05) is 67.8 Å². The zero-order valence-corrected chi connectivity index (χ0v) is 21.7. The Labute approximate surface area is 202 Å². The van der Waals surface area contributed by atoms with Crippen molar-refractivity contribution < 1.29 is 29.0 Å². The Balaban J connectivity index is 3.46. The monoisotopic (exact) mass is 729 g/mol. The molecule has 3 amide bonds. The summed E-state index contributed by atoms with van der Waals surface area (Å²) in [6.45, 7) is -0.0553. The van der Waals surface area contributed by atoms with Crippen molar-refractivity contribution in [3.05, 3.63) is 21.8 Å². The smallest absolute Gasteiger partial charge is 0.337 e. The number of amides is 3. The summed E-state index contributed by atoms with van der Waals surface area (Å²) in [5, 5.41) is 14.7. The fraction of sp³-hybridized carbons (Fsp3) is 0.375. The number of carbonyl (C=O) groups is 4. The summed E-state index contributed by atoms with van der Waals surface area (Å²) in [5.41, 5.74) is 0.327. The topological polar surface area (TPSA) is 125 Å². The number of carboxylic acids is 1. The van der Waals surface area contributed by atoms with Gasteiger partial charge in [0.25, 0.3) is 5.91 Å². The zero-order valence-electron chi connectivity index (χ0n) is 15.2. The van der Waals surface area contributed by atoms with E-state index in [0.29, 0.717) is 7.14 Å². The molecule has 0 aliphatic carbocycles. The highest BCUT2D eigenvalue weighted by Gasteiger charge is 2.29. The molecule has 0 saturated carbocycles. The first-order valence-electron chi connectivity index (χ1n) is 7.75. The molecule has 0 atom stereocenters. The van der Waals surface area contributed by atoms with Crippen molar-refractivity contribution in [2.24, 2.45) is 0 Å². The number of rotatable bonds is 8. The number of aromatic carboxylic acids is 1. The highest BCUT2D eigenvalue weighted by molar-refractivity contribution is 14.1. The minimum Gasteiger partial charge on any atom is -0.478 e. The maximum absolute atomic E-state index is 13.0. The first-order chi connectivity index (χ1) is 13.1. The zero-order chi connectivity index (χ0) is 21.6. The van der Waals surface area contributed by atoms with Gasteiger partial charge in [0, 0.05) is 37.7 Å². The van der Waals surface area contributed by atoms with Gasteiger partial charge in [0.05, 0.1) is 24.0 Å². The lowest BCUT2D eigenvalue weighted by atomic mass is 10.1. The van der Waals surface area contributed by atoms with Gasteiger partial charge in [-0.3, -0.25) is 14.4 Å². The van der Waals surface area contributed by atoms with Crippen molar-refractivity contribution in [2.45, 2.75) is 6.42 Å². The Bertz CT molecular complexity index is 816. The lowest BCUT2D eigenvalue weighted by Crippen LogP contribution is -2.33. The van der Waals surface area contributed by atoms with E-state index in [2.05, 4.69) is 10.6 Å². The quantitative estimate of drug-likeness (QED) is 0.352. The van der Waals surface area contributed by atoms with Crippen LogP contribution in [0.15, 0.2) is 0 Å². The normalized spacial score (nSPS) is 10.4. The molecule has 0 aliphatic heterocycles. The standard InChI is InChI=1S/C16H18I3N3O6/c1-20-7(23)4-5-22(2)15(25)9-11(17)10(16(26)27)13(19)14(12(9)18)21-8(24)6-28-3/h4-6H2,1-3H3,(H,20,23)(H,21,24)(H,26,27). The van der Waals surface area contributed by atoms with Gasteiger partial charge >= 0.3 is 5.97 Å². The molecule has 1 rings (SSSR count). The van der Waals surface area contributed by atoms with Crippen LogP contribution in [0.1, 0.15) is 27.1 Å². The minimum atomic E-state index is -1.21. The molecule has 3 N–H and O–H groups in total. The van der Waals surface area contributed by atoms with Crippen LogP contribution in [0.4, 0.5) is 5.69 Å². The summed E-state index contributed by atoms with van der Waals surface area (Å²) < 4.78 is 5.78. The van der Waals surface area contributed by atoms with E-state index < -0.39 is 17.8 Å². The molecule has 0 radical (unpaired) electrons. The molecular formula is C16H18I3N3O6. The second-order valence-electron chi connectivity index (χ2n) is 5.50. The van der Waals surface area contributed by atoms with Crippen molar-refractivity contribution in [3.63, 3.8) is 0 Å². The van der Waals surface area contributed by atoms with Crippen molar-refractivity contribution >= 4 is 97.2 Å². The number of carbonyl (C=O) groups excluding carboxylic acids is 3. The third-order valence-electron chi connectivity index (χ3n) is 3.58. The summed E-state index contributed by atoms with van der Waals surface area (Å²) in [4.78, 5) is 49.5. The van der Waals surface area contributed by atoms with Gasteiger partial charge in [0.2, 0.25) is 11.8 Å². The molecule has 0 bridgehead atoms. The Morgan fingerprint density at radius 3 is 2.11 bits per heavy atom. The van der Waals surface area contributed by atoms with Crippen LogP contribution in [0.5, 0.6) is 0 Å². The van der Waals surface area contributed by atoms with Crippen LogP contribution in [-0.2, 0) is 14.3 Å². The van der Waals surface area contributed by atoms with Crippen molar-refractivity contribution in [1.29, 1.82) is 0 Å². The van der Waals surface area contributed by atoms with Crippen LogP contribution in [-0.4, -0.2) is 68.1 Å². The van der Waals surface area contributed by atoms with Gasteiger partial charge in [-0.05, 0) is 67.8 Å². The van der Waals surface area contributed by atoms with Crippen molar-refractivity contribution in [1.82, 2.24) is 10.2 Å². The first kappa shape index (κ1) is 25.3. The summed E-state index contributed by atoms with van der Waals surface area (Å²) in [7, 11) is 4.39.